The maximum absolute atomic E-state index is 13.6. The fourth-order valence-corrected chi connectivity index (χ4v) is 5.55. The Morgan fingerprint density at radius 3 is 2.66 bits per heavy atom. The fourth-order valence-electron chi connectivity index (χ4n) is 5.55. The number of carbonyl (C=O) groups excluding carboxylic acids is 3. The number of aryl methyl sites for hydroxylation is 2. The number of anilines is 6. The number of allylic oxidation sites excluding steroid dienone is 1. The van der Waals surface area contributed by atoms with E-state index in [2.05, 4.69) is 37.5 Å². The molecule has 47 heavy (non-hydrogen) atoms. The van der Waals surface area contributed by atoms with E-state index in [1.54, 1.807) is 42.6 Å². The number of hydrogen-bond acceptors (Lipinski definition) is 8. The van der Waals surface area contributed by atoms with Crippen LogP contribution in [-0.4, -0.2) is 51.6 Å². The molecule has 4 heterocycles. The number of nitrogens with zero attached hydrogens (tertiary/aromatic N) is 6. The maximum Gasteiger partial charge on any atom is 0.330 e. The zero-order valence-electron chi connectivity index (χ0n) is 26.4. The molecule has 2 aliphatic heterocycles. The molecule has 2 aliphatic rings. The number of fused-ring (bicyclic) bond motifs is 2. The van der Waals surface area contributed by atoms with Gasteiger partial charge in [0.1, 0.15) is 11.9 Å². The van der Waals surface area contributed by atoms with Gasteiger partial charge >= 0.3 is 6.03 Å². The van der Waals surface area contributed by atoms with Crippen molar-refractivity contribution in [1.29, 1.82) is 0 Å². The predicted molar refractivity (Wildman–Crippen MR) is 184 cm³/mol. The molecule has 4 amide bonds. The number of urea groups is 1. The standard InChI is InChI=1S/C35H35N9O3/c1-5-6-10-27-26-9-7-8-11-28(26)41-33(46)29(40-27)17-31(45)38-24-14-12-21(2)30(16-24)44-20-23-18-37-34(42-32(23)43(4)35(44)47)39-25-15-13-22(3)36-19-25/h5,7-9,11-16,18-19,29H,1,6,10,17,20H2,2-4H3,(H,38,45)(H,41,46)(H,37,39,42). The van der Waals surface area contributed by atoms with E-state index in [9.17, 15) is 14.4 Å². The highest BCUT2D eigenvalue weighted by atomic mass is 16.2. The summed E-state index contributed by atoms with van der Waals surface area (Å²) in [6, 6.07) is 15.4. The second-order valence-electron chi connectivity index (χ2n) is 11.5. The molecule has 0 saturated carbocycles. The number of rotatable bonds is 9. The summed E-state index contributed by atoms with van der Waals surface area (Å²) in [5, 5.41) is 8.95. The van der Waals surface area contributed by atoms with Crippen LogP contribution < -0.4 is 25.8 Å². The van der Waals surface area contributed by atoms with Gasteiger partial charge in [0.05, 0.1) is 30.5 Å². The summed E-state index contributed by atoms with van der Waals surface area (Å²) in [7, 11) is 1.67. The van der Waals surface area contributed by atoms with Gasteiger partial charge in [-0.1, -0.05) is 30.3 Å². The fraction of sp³-hybridized carbons (Fsp3) is 0.229. The van der Waals surface area contributed by atoms with Crippen molar-refractivity contribution in [2.75, 3.05) is 32.8 Å². The van der Waals surface area contributed by atoms with E-state index in [-0.39, 0.29) is 30.8 Å². The van der Waals surface area contributed by atoms with E-state index in [1.165, 1.54) is 4.90 Å². The van der Waals surface area contributed by atoms with Crippen LogP contribution in [0, 0.1) is 13.8 Å². The number of amides is 4. The average molecular weight is 630 g/mol. The normalized spacial score (nSPS) is 15.6. The van der Waals surface area contributed by atoms with Crippen molar-refractivity contribution in [3.05, 3.63) is 102 Å². The predicted octanol–water partition coefficient (Wildman–Crippen LogP) is 5.91. The zero-order chi connectivity index (χ0) is 33.1. The monoisotopic (exact) mass is 629 g/mol. The first kappa shape index (κ1) is 31.1. The summed E-state index contributed by atoms with van der Waals surface area (Å²) in [6.07, 6.45) is 6.34. The van der Waals surface area contributed by atoms with Crippen LogP contribution in [0.15, 0.2) is 84.6 Å². The molecule has 2 aromatic carbocycles. The molecule has 0 saturated heterocycles. The number of para-hydroxylation sites is 1. The summed E-state index contributed by atoms with van der Waals surface area (Å²) >= 11 is 0. The lowest BCUT2D eigenvalue weighted by atomic mass is 10.0. The number of benzodiazepines with no additional fused rings is 1. The van der Waals surface area contributed by atoms with Crippen LogP contribution in [0.4, 0.5) is 39.3 Å². The first-order chi connectivity index (χ1) is 22.7. The Morgan fingerprint density at radius 2 is 1.87 bits per heavy atom. The summed E-state index contributed by atoms with van der Waals surface area (Å²) in [4.78, 5) is 61.1. The Morgan fingerprint density at radius 1 is 1.06 bits per heavy atom. The van der Waals surface area contributed by atoms with Crippen LogP contribution in [0.5, 0.6) is 0 Å². The third-order valence-corrected chi connectivity index (χ3v) is 8.03. The van der Waals surface area contributed by atoms with Gasteiger partial charge in [-0.25, -0.2) is 9.78 Å². The number of pyridine rings is 1. The summed E-state index contributed by atoms with van der Waals surface area (Å²) in [6.45, 7) is 7.85. The van der Waals surface area contributed by atoms with Crippen molar-refractivity contribution in [1.82, 2.24) is 15.0 Å². The number of aliphatic imine (C=N–C) groups is 1. The minimum absolute atomic E-state index is 0.147. The van der Waals surface area contributed by atoms with Gasteiger partial charge in [-0.3, -0.25) is 29.4 Å². The Kier molecular flexibility index (Phi) is 8.74. The highest BCUT2D eigenvalue weighted by Gasteiger charge is 2.32. The minimum Gasteiger partial charge on any atom is -0.326 e. The Labute approximate surface area is 272 Å². The van der Waals surface area contributed by atoms with Gasteiger partial charge in [0.2, 0.25) is 17.8 Å². The van der Waals surface area contributed by atoms with Gasteiger partial charge in [0, 0.05) is 47.2 Å². The molecule has 12 heteroatoms. The summed E-state index contributed by atoms with van der Waals surface area (Å²) in [5.41, 5.74) is 6.63. The van der Waals surface area contributed by atoms with Gasteiger partial charge < -0.3 is 16.0 Å². The van der Waals surface area contributed by atoms with Crippen LogP contribution in [0.2, 0.25) is 0 Å². The van der Waals surface area contributed by atoms with Gasteiger partial charge in [0.15, 0.2) is 0 Å². The van der Waals surface area contributed by atoms with Crippen LogP contribution in [0.25, 0.3) is 0 Å². The van der Waals surface area contributed by atoms with Crippen molar-refractivity contribution < 1.29 is 14.4 Å². The minimum atomic E-state index is -0.900. The van der Waals surface area contributed by atoms with Crippen LogP contribution in [0.1, 0.15) is 41.6 Å². The Balaban J connectivity index is 1.18. The molecule has 3 N–H and O–H groups in total. The lowest BCUT2D eigenvalue weighted by molar-refractivity contribution is -0.122. The highest BCUT2D eigenvalue weighted by molar-refractivity contribution is 6.13. The third kappa shape index (κ3) is 6.71. The molecule has 0 aliphatic carbocycles. The molecule has 0 fully saturated rings. The van der Waals surface area contributed by atoms with E-state index in [0.29, 0.717) is 41.7 Å². The Hall–Kier alpha value is -5.91. The Bertz CT molecular complexity index is 1900. The van der Waals surface area contributed by atoms with Crippen LogP contribution in [0.3, 0.4) is 0 Å². The molecule has 0 radical (unpaired) electrons. The number of benzene rings is 2. The topological polar surface area (TPSA) is 145 Å². The SMILES string of the molecule is C=CCCC1=NC(CC(=O)Nc2ccc(C)c(N3Cc4cnc(Nc5ccc(C)nc5)nc4N(C)C3=O)c2)C(=O)Nc2ccccc21. The first-order valence-electron chi connectivity index (χ1n) is 15.3. The van der Waals surface area contributed by atoms with E-state index in [0.717, 1.165) is 33.8 Å². The molecule has 6 rings (SSSR count). The second-order valence-corrected chi connectivity index (χ2v) is 11.5. The molecular formula is C35H35N9O3. The van der Waals surface area contributed by atoms with Crippen molar-refractivity contribution in [2.24, 2.45) is 4.99 Å². The van der Waals surface area contributed by atoms with E-state index >= 15 is 0 Å². The van der Waals surface area contributed by atoms with Gasteiger partial charge in [-0.2, -0.15) is 4.98 Å². The van der Waals surface area contributed by atoms with Crippen molar-refractivity contribution in [3.63, 3.8) is 0 Å². The number of nitrogens with one attached hydrogen (secondary N) is 3. The smallest absolute Gasteiger partial charge is 0.326 e. The maximum atomic E-state index is 13.6. The zero-order valence-corrected chi connectivity index (χ0v) is 26.4. The summed E-state index contributed by atoms with van der Waals surface area (Å²) < 4.78 is 0. The van der Waals surface area contributed by atoms with Crippen LogP contribution >= 0.6 is 0 Å². The second kappa shape index (κ2) is 13.2. The van der Waals surface area contributed by atoms with Crippen molar-refractivity contribution in [3.8, 4) is 0 Å². The highest BCUT2D eigenvalue weighted by Crippen LogP contribution is 2.33. The van der Waals surface area contributed by atoms with Crippen molar-refractivity contribution >= 4 is 58.1 Å². The lowest BCUT2D eigenvalue weighted by Gasteiger charge is -2.35. The molecule has 2 aromatic heterocycles. The van der Waals surface area contributed by atoms with E-state index in [1.807, 2.05) is 56.3 Å². The molecule has 1 unspecified atom stereocenters. The molecule has 4 aromatic rings. The van der Waals surface area contributed by atoms with E-state index in [4.69, 9.17) is 4.99 Å². The first-order valence-corrected chi connectivity index (χ1v) is 15.3. The lowest BCUT2D eigenvalue weighted by Crippen LogP contribution is -2.46. The van der Waals surface area contributed by atoms with Gasteiger partial charge in [-0.05, 0) is 62.6 Å². The number of carbonyl (C=O) groups is 3. The molecule has 0 bridgehead atoms. The van der Waals surface area contributed by atoms with Crippen LogP contribution in [-0.2, 0) is 16.1 Å². The molecular weight excluding hydrogens is 594 g/mol. The third-order valence-electron chi connectivity index (χ3n) is 8.03. The average Bonchev–Trinajstić information content (AvgIpc) is 3.19. The molecule has 1 atom stereocenters. The number of hydrogen-bond donors (Lipinski definition) is 3. The summed E-state index contributed by atoms with van der Waals surface area (Å²) in [5.74, 6) is 0.138. The van der Waals surface area contributed by atoms with Gasteiger partial charge in [0.25, 0.3) is 0 Å². The van der Waals surface area contributed by atoms with Gasteiger partial charge in [-0.15, -0.1) is 6.58 Å². The van der Waals surface area contributed by atoms with E-state index < -0.39 is 6.04 Å². The largest absolute Gasteiger partial charge is 0.330 e. The van der Waals surface area contributed by atoms with Crippen molar-refractivity contribution in [2.45, 2.75) is 45.7 Å². The molecule has 0 spiro atoms. The molecule has 12 nitrogen and oxygen atoms in total. The molecule has 238 valence electrons. The quantitative estimate of drug-likeness (QED) is 0.195. The number of aromatic nitrogens is 3.